The van der Waals surface area contributed by atoms with E-state index in [9.17, 15) is 4.79 Å². The number of nitrogen functional groups attached to an aromatic ring is 1. The van der Waals surface area contributed by atoms with E-state index in [1.807, 2.05) is 18.7 Å². The van der Waals surface area contributed by atoms with Crippen LogP contribution in [0.15, 0.2) is 10.9 Å². The third-order valence-corrected chi connectivity index (χ3v) is 1.84. The van der Waals surface area contributed by atoms with Gasteiger partial charge in [0.05, 0.1) is 0 Å². The van der Waals surface area contributed by atoms with Gasteiger partial charge in [0, 0.05) is 19.2 Å². The summed E-state index contributed by atoms with van der Waals surface area (Å²) in [6, 6.07) is 1.66. The topological polar surface area (TPSA) is 75.0 Å². The van der Waals surface area contributed by atoms with Gasteiger partial charge in [-0.25, -0.2) is 4.79 Å². The van der Waals surface area contributed by atoms with Gasteiger partial charge in [-0.1, -0.05) is 0 Å². The minimum Gasteiger partial charge on any atom is -0.385 e. The lowest BCUT2D eigenvalue weighted by atomic mass is 10.4. The highest BCUT2D eigenvalue weighted by atomic mass is 16.1. The number of nitrogens with one attached hydrogen (secondary N) is 1. The maximum Gasteiger partial charge on any atom is 0.348 e. The average Bonchev–Trinajstić information content (AvgIpc) is 2.04. The lowest BCUT2D eigenvalue weighted by Crippen LogP contribution is -2.26. The summed E-state index contributed by atoms with van der Waals surface area (Å²) in [4.78, 5) is 19.1. The molecule has 0 saturated heterocycles. The van der Waals surface area contributed by atoms with E-state index in [4.69, 9.17) is 5.73 Å². The maximum atomic E-state index is 11.0. The molecule has 1 rings (SSSR count). The number of nitrogens with two attached hydrogens (primary N) is 1. The zero-order valence-electron chi connectivity index (χ0n) is 7.87. The first-order valence-electron chi connectivity index (χ1n) is 4.29. The van der Waals surface area contributed by atoms with Gasteiger partial charge >= 0.3 is 5.69 Å². The van der Waals surface area contributed by atoms with Crippen LogP contribution in [0.4, 0.5) is 11.6 Å². The smallest absolute Gasteiger partial charge is 0.348 e. The fourth-order valence-electron chi connectivity index (χ4n) is 1.17. The number of aromatic amines is 1. The van der Waals surface area contributed by atoms with Crippen LogP contribution in [-0.4, -0.2) is 23.1 Å². The zero-order valence-corrected chi connectivity index (χ0v) is 7.87. The third kappa shape index (κ3) is 2.21. The number of H-pyrrole nitrogens is 1. The van der Waals surface area contributed by atoms with Crippen LogP contribution in [0.1, 0.15) is 13.8 Å². The van der Waals surface area contributed by atoms with Crippen LogP contribution >= 0.6 is 0 Å². The van der Waals surface area contributed by atoms with Gasteiger partial charge in [0.1, 0.15) is 11.6 Å². The molecule has 0 fully saturated rings. The first kappa shape index (κ1) is 9.57. The monoisotopic (exact) mass is 182 g/mol. The summed E-state index contributed by atoms with van der Waals surface area (Å²) in [6.07, 6.45) is 0. The second-order valence-corrected chi connectivity index (χ2v) is 2.67. The normalized spacial score (nSPS) is 10.0. The van der Waals surface area contributed by atoms with Crippen molar-refractivity contribution in [2.24, 2.45) is 0 Å². The van der Waals surface area contributed by atoms with E-state index < -0.39 is 5.69 Å². The Labute approximate surface area is 76.6 Å². The molecule has 0 unspecified atom stereocenters. The molecule has 13 heavy (non-hydrogen) atoms. The summed E-state index contributed by atoms with van der Waals surface area (Å²) in [5.74, 6) is 0.980. The molecule has 0 aliphatic carbocycles. The zero-order chi connectivity index (χ0) is 9.84. The lowest BCUT2D eigenvalue weighted by Gasteiger charge is -2.18. The number of rotatable bonds is 3. The van der Waals surface area contributed by atoms with Crippen LogP contribution in [-0.2, 0) is 0 Å². The van der Waals surface area contributed by atoms with Crippen LogP contribution < -0.4 is 16.3 Å². The molecule has 1 aromatic heterocycles. The van der Waals surface area contributed by atoms with Crippen LogP contribution in [0, 0.1) is 0 Å². The summed E-state index contributed by atoms with van der Waals surface area (Å²) < 4.78 is 0. The Morgan fingerprint density at radius 3 is 2.62 bits per heavy atom. The van der Waals surface area contributed by atoms with Gasteiger partial charge in [-0.2, -0.15) is 4.98 Å². The summed E-state index contributed by atoms with van der Waals surface area (Å²) in [5.41, 5.74) is 5.08. The van der Waals surface area contributed by atoms with E-state index in [0.717, 1.165) is 13.1 Å². The molecular weight excluding hydrogens is 168 g/mol. The van der Waals surface area contributed by atoms with E-state index >= 15 is 0 Å². The highest BCUT2D eigenvalue weighted by molar-refractivity contribution is 5.45. The van der Waals surface area contributed by atoms with Gasteiger partial charge in [-0.15, -0.1) is 0 Å². The maximum absolute atomic E-state index is 11.0. The summed E-state index contributed by atoms with van der Waals surface area (Å²) in [6.45, 7) is 5.63. The molecular formula is C8H14N4O. The van der Waals surface area contributed by atoms with Gasteiger partial charge in [0.25, 0.3) is 0 Å². The minimum atomic E-state index is -0.401. The summed E-state index contributed by atoms with van der Waals surface area (Å²) in [7, 11) is 0. The van der Waals surface area contributed by atoms with Crippen molar-refractivity contribution in [1.29, 1.82) is 0 Å². The number of anilines is 2. The van der Waals surface area contributed by atoms with Crippen molar-refractivity contribution in [3.8, 4) is 0 Å². The second-order valence-electron chi connectivity index (χ2n) is 2.67. The fourth-order valence-corrected chi connectivity index (χ4v) is 1.17. The second kappa shape index (κ2) is 3.93. The molecule has 0 atom stereocenters. The first-order chi connectivity index (χ1) is 6.17. The molecule has 3 N–H and O–H groups in total. The summed E-state index contributed by atoms with van der Waals surface area (Å²) >= 11 is 0. The molecule has 0 aliphatic heterocycles. The minimum absolute atomic E-state index is 0.349. The van der Waals surface area contributed by atoms with Gasteiger partial charge in [0.15, 0.2) is 0 Å². The Kier molecular flexibility index (Phi) is 2.89. The predicted octanol–water partition coefficient (Wildman–Crippen LogP) is 0.198. The molecule has 0 bridgehead atoms. The van der Waals surface area contributed by atoms with E-state index in [2.05, 4.69) is 9.97 Å². The Morgan fingerprint density at radius 1 is 1.54 bits per heavy atom. The first-order valence-corrected chi connectivity index (χ1v) is 4.29. The highest BCUT2D eigenvalue weighted by Crippen LogP contribution is 2.08. The Morgan fingerprint density at radius 2 is 2.15 bits per heavy atom. The largest absolute Gasteiger partial charge is 0.385 e. The SMILES string of the molecule is CCN(CC)c1cc(N)[nH]c(=O)n1. The Hall–Kier alpha value is -1.52. The molecule has 5 nitrogen and oxygen atoms in total. The van der Waals surface area contributed by atoms with Crippen LogP contribution in [0.2, 0.25) is 0 Å². The number of hydrogen-bond acceptors (Lipinski definition) is 4. The Bertz CT molecular complexity index is 329. The quantitative estimate of drug-likeness (QED) is 0.700. The van der Waals surface area contributed by atoms with E-state index in [1.54, 1.807) is 6.07 Å². The number of nitrogens with zero attached hydrogens (tertiary/aromatic N) is 2. The van der Waals surface area contributed by atoms with Crippen molar-refractivity contribution in [3.05, 3.63) is 16.6 Å². The van der Waals surface area contributed by atoms with Gasteiger partial charge in [0.2, 0.25) is 0 Å². The predicted molar refractivity (Wildman–Crippen MR) is 52.8 cm³/mol. The van der Waals surface area contributed by atoms with Crippen molar-refractivity contribution < 1.29 is 0 Å². The van der Waals surface area contributed by atoms with Gasteiger partial charge < -0.3 is 10.6 Å². The average molecular weight is 182 g/mol. The van der Waals surface area contributed by atoms with Crippen molar-refractivity contribution in [2.75, 3.05) is 23.7 Å². The van der Waals surface area contributed by atoms with Crippen LogP contribution in [0.3, 0.4) is 0 Å². The van der Waals surface area contributed by atoms with E-state index in [1.165, 1.54) is 0 Å². The lowest BCUT2D eigenvalue weighted by molar-refractivity contribution is 0.836. The fraction of sp³-hybridized carbons (Fsp3) is 0.500. The third-order valence-electron chi connectivity index (χ3n) is 1.84. The molecule has 1 heterocycles. The number of aromatic nitrogens is 2. The molecule has 1 aromatic rings. The standard InChI is InChI=1S/C8H14N4O/c1-3-12(4-2)7-5-6(9)10-8(13)11-7/h5H,3-4H2,1-2H3,(H3,9,10,11,13). The molecule has 0 aliphatic rings. The van der Waals surface area contributed by atoms with Crippen molar-refractivity contribution >= 4 is 11.6 Å². The molecule has 0 spiro atoms. The van der Waals surface area contributed by atoms with Crippen molar-refractivity contribution in [3.63, 3.8) is 0 Å². The number of hydrogen-bond donors (Lipinski definition) is 2. The highest BCUT2D eigenvalue weighted by Gasteiger charge is 2.04. The van der Waals surface area contributed by atoms with Crippen LogP contribution in [0.5, 0.6) is 0 Å². The Balaban J connectivity index is 3.06. The van der Waals surface area contributed by atoms with Crippen molar-refractivity contribution in [2.45, 2.75) is 13.8 Å². The molecule has 5 heteroatoms. The van der Waals surface area contributed by atoms with Gasteiger partial charge in [-0.05, 0) is 13.8 Å². The molecule has 0 radical (unpaired) electrons. The summed E-state index contributed by atoms with van der Waals surface area (Å²) in [5, 5.41) is 0. The molecule has 0 aromatic carbocycles. The molecule has 72 valence electrons. The molecule has 0 amide bonds. The van der Waals surface area contributed by atoms with Crippen LogP contribution in [0.25, 0.3) is 0 Å². The van der Waals surface area contributed by atoms with E-state index in [0.29, 0.717) is 11.6 Å². The van der Waals surface area contributed by atoms with E-state index in [-0.39, 0.29) is 0 Å². The van der Waals surface area contributed by atoms with Gasteiger partial charge in [-0.3, -0.25) is 4.98 Å². The molecule has 0 saturated carbocycles. The van der Waals surface area contributed by atoms with Crippen molar-refractivity contribution in [1.82, 2.24) is 9.97 Å².